The van der Waals surface area contributed by atoms with Crippen LogP contribution in [0, 0.1) is 22.9 Å². The Labute approximate surface area is 123 Å². The van der Waals surface area contributed by atoms with Crippen LogP contribution >= 0.6 is 11.3 Å². The minimum atomic E-state index is -3.59. The predicted molar refractivity (Wildman–Crippen MR) is 75.3 cm³/mol. The summed E-state index contributed by atoms with van der Waals surface area (Å²) in [7, 11) is -3.59. The number of sulfone groups is 1. The van der Waals surface area contributed by atoms with E-state index in [-0.39, 0.29) is 15.0 Å². The van der Waals surface area contributed by atoms with Gasteiger partial charge in [-0.2, -0.15) is 0 Å². The normalized spacial score (nSPS) is 11.4. The zero-order chi connectivity index (χ0) is 15.8. The van der Waals surface area contributed by atoms with E-state index in [9.17, 15) is 22.9 Å². The molecule has 1 aromatic carbocycles. The lowest BCUT2D eigenvalue weighted by atomic mass is 10.2. The molecule has 6 nitrogen and oxygen atoms in total. The molecule has 0 aliphatic heterocycles. The van der Waals surface area contributed by atoms with E-state index in [1.54, 1.807) is 6.92 Å². The molecule has 9 heteroatoms. The first-order valence-corrected chi connectivity index (χ1v) is 8.31. The molecule has 112 valence electrons. The quantitative estimate of drug-likeness (QED) is 0.634. The Hall–Kier alpha value is -2.00. The second-order valence-electron chi connectivity index (χ2n) is 4.28. The van der Waals surface area contributed by atoms with E-state index < -0.39 is 26.3 Å². The number of aryl methyl sites for hydroxylation is 1. The van der Waals surface area contributed by atoms with E-state index in [0.717, 1.165) is 18.4 Å². The molecule has 0 saturated heterocycles. The second-order valence-corrected chi connectivity index (χ2v) is 7.54. The molecule has 0 bridgehead atoms. The molecule has 2 aromatic rings. The molecule has 2 rings (SSSR count). The molecule has 0 saturated carbocycles. The Bertz CT molecular complexity index is 813. The van der Waals surface area contributed by atoms with Gasteiger partial charge in [-0.1, -0.05) is 17.4 Å². The van der Waals surface area contributed by atoms with E-state index in [0.29, 0.717) is 16.9 Å². The Balaban J connectivity index is 2.45. The number of ether oxygens (including phenoxy) is 1. The van der Waals surface area contributed by atoms with Crippen LogP contribution in [0.15, 0.2) is 28.5 Å². The SMILES string of the molecule is Cc1ccc(Oc2sc(S(C)(=O)=O)cc2[N+](=O)[O-])cc1F. The van der Waals surface area contributed by atoms with Crippen LogP contribution < -0.4 is 4.74 Å². The summed E-state index contributed by atoms with van der Waals surface area (Å²) in [5.74, 6) is -0.460. The summed E-state index contributed by atoms with van der Waals surface area (Å²) in [5.41, 5.74) is -0.0683. The van der Waals surface area contributed by atoms with Gasteiger partial charge in [0.2, 0.25) is 0 Å². The van der Waals surface area contributed by atoms with Crippen molar-refractivity contribution in [2.45, 2.75) is 11.1 Å². The van der Waals surface area contributed by atoms with Gasteiger partial charge in [0, 0.05) is 18.4 Å². The highest BCUT2D eigenvalue weighted by Crippen LogP contribution is 2.41. The number of nitro groups is 1. The molecule has 0 aliphatic carbocycles. The van der Waals surface area contributed by atoms with Crippen LogP contribution in [0.2, 0.25) is 0 Å². The fourth-order valence-electron chi connectivity index (χ4n) is 1.47. The Morgan fingerprint density at radius 2 is 2.00 bits per heavy atom. The van der Waals surface area contributed by atoms with Crippen molar-refractivity contribution in [3.05, 3.63) is 45.8 Å². The largest absolute Gasteiger partial charge is 0.440 e. The molecule has 0 N–H and O–H groups in total. The maximum Gasteiger partial charge on any atom is 0.324 e. The molecular weight excluding hydrogens is 321 g/mol. The lowest BCUT2D eigenvalue weighted by molar-refractivity contribution is -0.385. The van der Waals surface area contributed by atoms with Gasteiger partial charge in [-0.15, -0.1) is 0 Å². The van der Waals surface area contributed by atoms with E-state index >= 15 is 0 Å². The van der Waals surface area contributed by atoms with Gasteiger partial charge >= 0.3 is 5.69 Å². The van der Waals surface area contributed by atoms with Crippen molar-refractivity contribution >= 4 is 26.9 Å². The minimum absolute atomic E-state index is 0.0584. The van der Waals surface area contributed by atoms with Crippen molar-refractivity contribution in [2.75, 3.05) is 6.26 Å². The van der Waals surface area contributed by atoms with Crippen LogP contribution in [-0.4, -0.2) is 19.6 Å². The third-order valence-corrected chi connectivity index (χ3v) is 5.38. The molecule has 1 heterocycles. The highest BCUT2D eigenvalue weighted by Gasteiger charge is 2.25. The van der Waals surface area contributed by atoms with Crippen LogP contribution in [0.5, 0.6) is 10.8 Å². The van der Waals surface area contributed by atoms with Crippen LogP contribution in [-0.2, 0) is 9.84 Å². The van der Waals surface area contributed by atoms with E-state index in [1.165, 1.54) is 12.1 Å². The van der Waals surface area contributed by atoms with Crippen LogP contribution in [0.25, 0.3) is 0 Å². The van der Waals surface area contributed by atoms with Crippen LogP contribution in [0.1, 0.15) is 5.56 Å². The number of rotatable bonds is 4. The summed E-state index contributed by atoms with van der Waals surface area (Å²) < 4.78 is 41.4. The van der Waals surface area contributed by atoms with Gasteiger partial charge < -0.3 is 4.74 Å². The maximum atomic E-state index is 13.4. The summed E-state index contributed by atoms with van der Waals surface area (Å²) in [6.45, 7) is 1.56. The summed E-state index contributed by atoms with van der Waals surface area (Å²) >= 11 is 0.625. The van der Waals surface area contributed by atoms with Crippen molar-refractivity contribution in [3.8, 4) is 10.8 Å². The molecule has 0 aliphatic rings. The predicted octanol–water partition coefficient (Wildman–Crippen LogP) is 3.30. The zero-order valence-electron chi connectivity index (χ0n) is 11.0. The lowest BCUT2D eigenvalue weighted by Crippen LogP contribution is -1.92. The fourth-order valence-corrected chi connectivity index (χ4v) is 3.36. The molecule has 1 aromatic heterocycles. The van der Waals surface area contributed by atoms with E-state index in [4.69, 9.17) is 4.74 Å². The fraction of sp³-hybridized carbons (Fsp3) is 0.167. The Morgan fingerprint density at radius 3 is 2.52 bits per heavy atom. The third-order valence-electron chi connectivity index (χ3n) is 2.57. The van der Waals surface area contributed by atoms with E-state index in [1.807, 2.05) is 0 Å². The van der Waals surface area contributed by atoms with Crippen molar-refractivity contribution in [3.63, 3.8) is 0 Å². The van der Waals surface area contributed by atoms with Gasteiger partial charge in [-0.25, -0.2) is 12.8 Å². The number of hydrogen-bond donors (Lipinski definition) is 0. The van der Waals surface area contributed by atoms with Gasteiger partial charge in [-0.3, -0.25) is 10.1 Å². The summed E-state index contributed by atoms with van der Waals surface area (Å²) in [5, 5.41) is 10.7. The van der Waals surface area contributed by atoms with Gasteiger partial charge in [0.25, 0.3) is 5.06 Å². The lowest BCUT2D eigenvalue weighted by Gasteiger charge is -2.03. The first-order valence-electron chi connectivity index (χ1n) is 5.61. The smallest absolute Gasteiger partial charge is 0.324 e. The average molecular weight is 331 g/mol. The van der Waals surface area contributed by atoms with Gasteiger partial charge in [-0.05, 0) is 18.6 Å². The molecule has 21 heavy (non-hydrogen) atoms. The summed E-state index contributed by atoms with van der Waals surface area (Å²) in [4.78, 5) is 10.2. The second kappa shape index (κ2) is 5.41. The summed E-state index contributed by atoms with van der Waals surface area (Å²) in [6, 6.07) is 4.92. The first-order chi connectivity index (χ1) is 9.68. The average Bonchev–Trinajstić information content (AvgIpc) is 2.78. The van der Waals surface area contributed by atoms with Crippen LogP contribution in [0.3, 0.4) is 0 Å². The van der Waals surface area contributed by atoms with Crippen molar-refractivity contribution < 1.29 is 22.5 Å². The molecule has 0 radical (unpaired) electrons. The van der Waals surface area contributed by atoms with Crippen LogP contribution in [0.4, 0.5) is 10.1 Å². The highest BCUT2D eigenvalue weighted by molar-refractivity contribution is 7.92. The monoisotopic (exact) mass is 331 g/mol. The third kappa shape index (κ3) is 3.37. The van der Waals surface area contributed by atoms with Crippen molar-refractivity contribution in [1.29, 1.82) is 0 Å². The minimum Gasteiger partial charge on any atom is -0.440 e. The first kappa shape index (κ1) is 15.4. The molecule has 0 atom stereocenters. The number of hydrogen-bond acceptors (Lipinski definition) is 6. The molecule has 0 amide bonds. The molecule has 0 unspecified atom stereocenters. The molecular formula is C12H10FNO5S2. The summed E-state index contributed by atoms with van der Waals surface area (Å²) in [6.07, 6.45) is 0.942. The number of nitrogens with zero attached hydrogens (tertiary/aromatic N) is 1. The molecule has 0 spiro atoms. The van der Waals surface area contributed by atoms with Gasteiger partial charge in [0.05, 0.1) is 4.92 Å². The topological polar surface area (TPSA) is 86.5 Å². The number of thiophene rings is 1. The Kier molecular flexibility index (Phi) is 3.97. The van der Waals surface area contributed by atoms with E-state index in [2.05, 4.69) is 0 Å². The highest BCUT2D eigenvalue weighted by atomic mass is 32.2. The van der Waals surface area contributed by atoms with Gasteiger partial charge in [0.15, 0.2) is 9.84 Å². The number of benzene rings is 1. The molecule has 0 fully saturated rings. The van der Waals surface area contributed by atoms with Crippen molar-refractivity contribution in [2.24, 2.45) is 0 Å². The van der Waals surface area contributed by atoms with Gasteiger partial charge in [0.1, 0.15) is 15.8 Å². The van der Waals surface area contributed by atoms with Crippen molar-refractivity contribution in [1.82, 2.24) is 0 Å². The Morgan fingerprint density at radius 1 is 1.33 bits per heavy atom. The maximum absolute atomic E-state index is 13.4. The zero-order valence-corrected chi connectivity index (χ0v) is 12.6. The number of halogens is 1. The standard InChI is InChI=1S/C12H10FNO5S2/c1-7-3-4-8(5-9(7)13)19-12-10(14(15)16)6-11(20-12)21(2,17)18/h3-6H,1-2H3.